The molecular weight excluding hydrogens is 425 g/mol. The third kappa shape index (κ3) is 4.95. The van der Waals surface area contributed by atoms with E-state index in [1.54, 1.807) is 7.11 Å². The number of halogens is 1. The van der Waals surface area contributed by atoms with E-state index in [1.807, 2.05) is 25.2 Å². The van der Waals surface area contributed by atoms with Gasteiger partial charge in [-0.25, -0.2) is 0 Å². The summed E-state index contributed by atoms with van der Waals surface area (Å²) in [7, 11) is 3.59. The molecule has 1 aliphatic rings. The van der Waals surface area contributed by atoms with Crippen LogP contribution in [0.5, 0.6) is 0 Å². The molecule has 0 bridgehead atoms. The van der Waals surface area contributed by atoms with E-state index >= 15 is 0 Å². The fraction of sp³-hybridized carbons (Fsp3) is 0.350. The average Bonchev–Trinajstić information content (AvgIpc) is 2.66. The molecule has 0 saturated heterocycles. The first-order valence-corrected chi connectivity index (χ1v) is 8.42. The lowest BCUT2D eigenvalue weighted by atomic mass is 10.0. The van der Waals surface area contributed by atoms with Gasteiger partial charge in [0.05, 0.1) is 6.10 Å². The van der Waals surface area contributed by atoms with Crippen LogP contribution in [0.1, 0.15) is 22.8 Å². The standard InChI is InChI=1S/C20H25N3O.HI/c1-21-20(22-14-19(24-2)17-9-4-3-5-10-17)23-13-12-16-8-6-7-11-18(16)15-23;/h3-11,19H,12-15H2,1-2H3,(H,21,22);1H. The topological polar surface area (TPSA) is 36.9 Å². The molecule has 0 aromatic heterocycles. The van der Waals surface area contributed by atoms with E-state index in [1.165, 1.54) is 16.7 Å². The van der Waals surface area contributed by atoms with Crippen LogP contribution >= 0.6 is 24.0 Å². The number of benzene rings is 2. The van der Waals surface area contributed by atoms with Gasteiger partial charge in [0.15, 0.2) is 5.96 Å². The van der Waals surface area contributed by atoms with Crippen molar-refractivity contribution in [2.75, 3.05) is 27.2 Å². The van der Waals surface area contributed by atoms with Crippen LogP contribution in [0.4, 0.5) is 0 Å². The molecule has 0 aliphatic carbocycles. The minimum atomic E-state index is 0. The largest absolute Gasteiger partial charge is 0.375 e. The highest BCUT2D eigenvalue weighted by Gasteiger charge is 2.19. The third-order valence-corrected chi connectivity index (χ3v) is 4.54. The highest BCUT2D eigenvalue weighted by Crippen LogP contribution is 2.19. The molecule has 0 spiro atoms. The Hall–Kier alpha value is -1.60. The van der Waals surface area contributed by atoms with Crippen molar-refractivity contribution in [1.82, 2.24) is 10.2 Å². The maximum Gasteiger partial charge on any atom is 0.194 e. The molecule has 1 unspecified atom stereocenters. The van der Waals surface area contributed by atoms with Gasteiger partial charge >= 0.3 is 0 Å². The summed E-state index contributed by atoms with van der Waals surface area (Å²) in [6, 6.07) is 18.9. The summed E-state index contributed by atoms with van der Waals surface area (Å²) in [6.07, 6.45) is 1.07. The second kappa shape index (κ2) is 9.77. The first-order valence-electron chi connectivity index (χ1n) is 8.42. The van der Waals surface area contributed by atoms with Crippen molar-refractivity contribution in [3.63, 3.8) is 0 Å². The highest BCUT2D eigenvalue weighted by atomic mass is 127. The zero-order valence-electron chi connectivity index (χ0n) is 14.8. The molecule has 134 valence electrons. The van der Waals surface area contributed by atoms with E-state index < -0.39 is 0 Å². The van der Waals surface area contributed by atoms with Gasteiger partial charge in [0.1, 0.15) is 0 Å². The maximum atomic E-state index is 5.64. The van der Waals surface area contributed by atoms with E-state index in [-0.39, 0.29) is 30.1 Å². The van der Waals surface area contributed by atoms with Gasteiger partial charge in [-0.3, -0.25) is 4.99 Å². The molecule has 2 aromatic rings. The smallest absolute Gasteiger partial charge is 0.194 e. The number of aliphatic imine (C=N–C) groups is 1. The first kappa shape index (κ1) is 19.7. The second-order valence-corrected chi connectivity index (χ2v) is 6.00. The van der Waals surface area contributed by atoms with Crippen LogP contribution in [-0.4, -0.2) is 38.1 Å². The van der Waals surface area contributed by atoms with Crippen LogP contribution in [0.2, 0.25) is 0 Å². The molecule has 3 rings (SSSR count). The Morgan fingerprint density at radius 1 is 1.12 bits per heavy atom. The molecule has 0 fully saturated rings. The summed E-state index contributed by atoms with van der Waals surface area (Å²) >= 11 is 0. The number of ether oxygens (including phenoxy) is 1. The highest BCUT2D eigenvalue weighted by molar-refractivity contribution is 14.0. The number of methoxy groups -OCH3 is 1. The Bertz CT molecular complexity index is 690. The number of guanidine groups is 1. The van der Waals surface area contributed by atoms with Crippen LogP contribution in [0.25, 0.3) is 0 Å². The molecule has 4 nitrogen and oxygen atoms in total. The van der Waals surface area contributed by atoms with Gasteiger partial charge in [0.2, 0.25) is 0 Å². The Labute approximate surface area is 167 Å². The van der Waals surface area contributed by atoms with Crippen molar-refractivity contribution in [1.29, 1.82) is 0 Å². The first-order chi connectivity index (χ1) is 11.8. The van der Waals surface area contributed by atoms with E-state index in [4.69, 9.17) is 4.74 Å². The Kier molecular flexibility index (Phi) is 7.71. The SMILES string of the molecule is CN=C(NCC(OC)c1ccccc1)N1CCc2ccccc2C1.I. The van der Waals surface area contributed by atoms with Crippen LogP contribution in [-0.2, 0) is 17.7 Å². The van der Waals surface area contributed by atoms with E-state index in [9.17, 15) is 0 Å². The molecule has 1 heterocycles. The average molecular weight is 451 g/mol. The molecule has 1 atom stereocenters. The second-order valence-electron chi connectivity index (χ2n) is 6.00. The van der Waals surface area contributed by atoms with Crippen molar-refractivity contribution in [2.24, 2.45) is 4.99 Å². The molecule has 2 aromatic carbocycles. The van der Waals surface area contributed by atoms with Crippen molar-refractivity contribution in [3.05, 3.63) is 71.3 Å². The predicted octanol–water partition coefficient (Wildman–Crippen LogP) is 3.63. The number of nitrogens with one attached hydrogen (secondary N) is 1. The lowest BCUT2D eigenvalue weighted by molar-refractivity contribution is 0.105. The summed E-state index contributed by atoms with van der Waals surface area (Å²) in [4.78, 5) is 6.77. The zero-order valence-corrected chi connectivity index (χ0v) is 17.1. The van der Waals surface area contributed by atoms with E-state index in [2.05, 4.69) is 51.6 Å². The molecule has 0 amide bonds. The van der Waals surface area contributed by atoms with Crippen molar-refractivity contribution >= 4 is 29.9 Å². The minimum absolute atomic E-state index is 0. The summed E-state index contributed by atoms with van der Waals surface area (Å²) in [6.45, 7) is 2.59. The van der Waals surface area contributed by atoms with Gasteiger partial charge in [-0.2, -0.15) is 0 Å². The Morgan fingerprint density at radius 3 is 2.48 bits per heavy atom. The summed E-state index contributed by atoms with van der Waals surface area (Å²) in [5, 5.41) is 3.47. The van der Waals surface area contributed by atoms with Crippen LogP contribution in [0.15, 0.2) is 59.6 Å². The van der Waals surface area contributed by atoms with Crippen LogP contribution in [0.3, 0.4) is 0 Å². The van der Waals surface area contributed by atoms with Crippen molar-refractivity contribution in [2.45, 2.75) is 19.1 Å². The zero-order chi connectivity index (χ0) is 16.8. The molecule has 0 saturated carbocycles. The monoisotopic (exact) mass is 451 g/mol. The maximum absolute atomic E-state index is 5.64. The number of nitrogens with zero attached hydrogens (tertiary/aromatic N) is 2. The fourth-order valence-electron chi connectivity index (χ4n) is 3.20. The summed E-state index contributed by atoms with van der Waals surface area (Å²) < 4.78 is 5.64. The van der Waals surface area contributed by atoms with Crippen LogP contribution < -0.4 is 5.32 Å². The molecule has 1 N–H and O–H groups in total. The van der Waals surface area contributed by atoms with Gasteiger partial charge in [-0.05, 0) is 23.1 Å². The molecule has 5 heteroatoms. The van der Waals surface area contributed by atoms with E-state index in [0.717, 1.165) is 25.5 Å². The molecule has 1 aliphatic heterocycles. The van der Waals surface area contributed by atoms with Gasteiger partial charge in [-0.15, -0.1) is 24.0 Å². The Morgan fingerprint density at radius 2 is 1.80 bits per heavy atom. The van der Waals surface area contributed by atoms with Gasteiger partial charge in [-0.1, -0.05) is 54.6 Å². The predicted molar refractivity (Wildman–Crippen MR) is 114 cm³/mol. The molecule has 0 radical (unpaired) electrons. The number of fused-ring (bicyclic) bond motifs is 1. The Balaban J connectivity index is 0.00000225. The van der Waals surface area contributed by atoms with Crippen LogP contribution in [0, 0.1) is 0 Å². The third-order valence-electron chi connectivity index (χ3n) is 4.54. The minimum Gasteiger partial charge on any atom is -0.375 e. The van der Waals surface area contributed by atoms with Gasteiger partial charge in [0, 0.05) is 33.8 Å². The number of rotatable bonds is 4. The van der Waals surface area contributed by atoms with E-state index in [0.29, 0.717) is 6.54 Å². The fourth-order valence-corrected chi connectivity index (χ4v) is 3.20. The van der Waals surface area contributed by atoms with Gasteiger partial charge < -0.3 is 15.0 Å². The molecular formula is C20H26IN3O. The lowest BCUT2D eigenvalue weighted by Gasteiger charge is -2.32. The summed E-state index contributed by atoms with van der Waals surface area (Å²) in [5.41, 5.74) is 4.01. The van der Waals surface area contributed by atoms with Crippen molar-refractivity contribution in [3.8, 4) is 0 Å². The van der Waals surface area contributed by atoms with Gasteiger partial charge in [0.25, 0.3) is 0 Å². The van der Waals surface area contributed by atoms with Crippen molar-refractivity contribution < 1.29 is 4.74 Å². The quantitative estimate of drug-likeness (QED) is 0.439. The molecule has 25 heavy (non-hydrogen) atoms. The summed E-state index contributed by atoms with van der Waals surface area (Å²) in [5.74, 6) is 0.933. The normalized spacial score (nSPS) is 15.1. The number of hydrogen-bond acceptors (Lipinski definition) is 2. The lowest BCUT2D eigenvalue weighted by Crippen LogP contribution is -2.45. The number of hydrogen-bond donors (Lipinski definition) is 1.